The zero-order chi connectivity index (χ0) is 18.4. The molecule has 0 amide bonds. The van der Waals surface area contributed by atoms with Crippen molar-refractivity contribution in [2.75, 3.05) is 5.73 Å². The van der Waals surface area contributed by atoms with E-state index in [0.29, 0.717) is 18.0 Å². The molecule has 3 heterocycles. The molecule has 4 rings (SSSR count). The fourth-order valence-corrected chi connectivity index (χ4v) is 3.86. The number of aromatic amines is 1. The maximum absolute atomic E-state index is 12.3. The zero-order valence-electron chi connectivity index (χ0n) is 15.0. The van der Waals surface area contributed by atoms with Gasteiger partial charge < -0.3 is 20.3 Å². The Balaban J connectivity index is 1.69. The van der Waals surface area contributed by atoms with Gasteiger partial charge in [-0.05, 0) is 38.5 Å². The average Bonchev–Trinajstić information content (AvgIpc) is 3.09. The summed E-state index contributed by atoms with van der Waals surface area (Å²) in [4.78, 5) is 20.8. The molecular formula is C17H25N5O4. The van der Waals surface area contributed by atoms with Gasteiger partial charge in [0.25, 0.3) is 5.56 Å². The summed E-state index contributed by atoms with van der Waals surface area (Å²) in [5.74, 6) is 0.774. The molecule has 4 N–H and O–H groups in total. The molecule has 26 heavy (non-hydrogen) atoms. The summed E-state index contributed by atoms with van der Waals surface area (Å²) in [6.07, 6.45) is 3.08. The van der Waals surface area contributed by atoms with E-state index in [4.69, 9.17) is 15.2 Å². The molecule has 3 atom stereocenters. The van der Waals surface area contributed by atoms with Crippen molar-refractivity contribution in [2.24, 2.45) is 5.92 Å². The van der Waals surface area contributed by atoms with E-state index >= 15 is 0 Å². The van der Waals surface area contributed by atoms with Crippen LogP contribution >= 0.6 is 0 Å². The van der Waals surface area contributed by atoms with Crippen LogP contribution in [0.1, 0.15) is 52.2 Å². The predicted molar refractivity (Wildman–Crippen MR) is 94.8 cm³/mol. The summed E-state index contributed by atoms with van der Waals surface area (Å²) in [5.41, 5.74) is 5.87. The number of hydrogen-bond donors (Lipinski definition) is 3. The van der Waals surface area contributed by atoms with Crippen LogP contribution in [0.5, 0.6) is 6.01 Å². The SMILES string of the molecule is CC1CCC(Oc2nc(N)c3c(=O)[nH]n(C4OC(C)C[C@H]4O)c3n2)CC1. The van der Waals surface area contributed by atoms with E-state index in [1.54, 1.807) is 0 Å². The number of anilines is 1. The number of aliphatic hydroxyl groups is 1. The Morgan fingerprint density at radius 2 is 2.00 bits per heavy atom. The number of nitrogens with two attached hydrogens (primary N) is 1. The minimum atomic E-state index is -0.739. The molecule has 2 fully saturated rings. The second-order valence-electron chi connectivity index (χ2n) is 7.54. The van der Waals surface area contributed by atoms with Crippen molar-refractivity contribution < 1.29 is 14.6 Å². The van der Waals surface area contributed by atoms with Gasteiger partial charge in [0.2, 0.25) is 0 Å². The van der Waals surface area contributed by atoms with E-state index in [9.17, 15) is 9.90 Å². The zero-order valence-corrected chi connectivity index (χ0v) is 15.0. The third kappa shape index (κ3) is 3.05. The van der Waals surface area contributed by atoms with Crippen molar-refractivity contribution >= 4 is 16.9 Å². The van der Waals surface area contributed by atoms with Crippen LogP contribution in [0.3, 0.4) is 0 Å². The van der Waals surface area contributed by atoms with Gasteiger partial charge in [-0.25, -0.2) is 4.68 Å². The molecule has 9 heteroatoms. The monoisotopic (exact) mass is 363 g/mol. The number of rotatable bonds is 3. The molecule has 2 aromatic rings. The molecule has 1 aliphatic heterocycles. The number of H-pyrrole nitrogens is 1. The number of aliphatic hydroxyl groups excluding tert-OH is 1. The topological polar surface area (TPSA) is 128 Å². The first-order valence-corrected chi connectivity index (χ1v) is 9.20. The fourth-order valence-electron chi connectivity index (χ4n) is 3.86. The van der Waals surface area contributed by atoms with Crippen LogP contribution < -0.4 is 16.0 Å². The normalized spacial score (nSPS) is 32.2. The Bertz CT molecular complexity index is 855. The first-order chi connectivity index (χ1) is 12.4. The van der Waals surface area contributed by atoms with E-state index in [1.807, 2.05) is 6.92 Å². The maximum atomic E-state index is 12.3. The Morgan fingerprint density at radius 3 is 2.65 bits per heavy atom. The highest BCUT2D eigenvalue weighted by molar-refractivity contribution is 5.85. The van der Waals surface area contributed by atoms with Gasteiger partial charge in [-0.15, -0.1) is 0 Å². The molecular weight excluding hydrogens is 338 g/mol. The smallest absolute Gasteiger partial charge is 0.320 e. The lowest BCUT2D eigenvalue weighted by atomic mass is 9.89. The van der Waals surface area contributed by atoms with Crippen LogP contribution in [0.25, 0.3) is 11.0 Å². The summed E-state index contributed by atoms with van der Waals surface area (Å²) in [5, 5.41) is 13.1. The number of fused-ring (bicyclic) bond motifs is 1. The lowest BCUT2D eigenvalue weighted by Gasteiger charge is -2.26. The van der Waals surface area contributed by atoms with Gasteiger partial charge in [0.1, 0.15) is 23.4 Å². The predicted octanol–water partition coefficient (Wildman–Crippen LogP) is 1.33. The van der Waals surface area contributed by atoms with Crippen molar-refractivity contribution in [3.05, 3.63) is 10.4 Å². The second kappa shape index (κ2) is 6.55. The Labute approximate surface area is 150 Å². The van der Waals surface area contributed by atoms with E-state index in [0.717, 1.165) is 25.7 Å². The molecule has 2 aliphatic rings. The molecule has 0 radical (unpaired) electrons. The van der Waals surface area contributed by atoms with E-state index in [-0.39, 0.29) is 29.4 Å². The lowest BCUT2D eigenvalue weighted by Crippen LogP contribution is -2.24. The summed E-state index contributed by atoms with van der Waals surface area (Å²) in [6, 6.07) is 0.155. The maximum Gasteiger partial charge on any atom is 0.320 e. The average molecular weight is 363 g/mol. The van der Waals surface area contributed by atoms with Gasteiger partial charge >= 0.3 is 6.01 Å². The minimum Gasteiger partial charge on any atom is -0.460 e. The van der Waals surface area contributed by atoms with Crippen LogP contribution in [0.2, 0.25) is 0 Å². The van der Waals surface area contributed by atoms with Crippen LogP contribution in [-0.2, 0) is 4.74 Å². The van der Waals surface area contributed by atoms with Crippen molar-refractivity contribution in [3.63, 3.8) is 0 Å². The van der Waals surface area contributed by atoms with Gasteiger partial charge in [-0.3, -0.25) is 9.89 Å². The van der Waals surface area contributed by atoms with Gasteiger partial charge in [-0.1, -0.05) is 6.92 Å². The molecule has 0 aromatic carbocycles. The van der Waals surface area contributed by atoms with Crippen LogP contribution in [0, 0.1) is 5.92 Å². The van der Waals surface area contributed by atoms with E-state index < -0.39 is 17.9 Å². The standard InChI is InChI=1S/C17H25N5O4/c1-8-3-5-10(6-4-8)26-17-19-13(18)12-14(20-17)22(21-15(12)24)16-11(23)7-9(2)25-16/h8-11,16,23H,3-7H2,1-2H3,(H,21,24)(H2,18,19,20)/t8?,9?,10?,11-,16?/m1/s1. The molecule has 142 valence electrons. The first kappa shape index (κ1) is 17.3. The number of nitrogens with one attached hydrogen (secondary N) is 1. The minimum absolute atomic E-state index is 0.0514. The van der Waals surface area contributed by atoms with Gasteiger partial charge in [0, 0.05) is 6.42 Å². The van der Waals surface area contributed by atoms with E-state index in [2.05, 4.69) is 22.0 Å². The second-order valence-corrected chi connectivity index (χ2v) is 7.54. The highest BCUT2D eigenvalue weighted by atomic mass is 16.5. The van der Waals surface area contributed by atoms with Crippen molar-refractivity contribution in [3.8, 4) is 6.01 Å². The summed E-state index contributed by atoms with van der Waals surface area (Å²) in [7, 11) is 0. The number of nitrogens with zero attached hydrogens (tertiary/aromatic N) is 3. The third-order valence-electron chi connectivity index (χ3n) is 5.34. The van der Waals surface area contributed by atoms with E-state index in [1.165, 1.54) is 4.68 Å². The Morgan fingerprint density at radius 1 is 1.27 bits per heavy atom. The van der Waals surface area contributed by atoms with Crippen molar-refractivity contribution in [1.29, 1.82) is 0 Å². The van der Waals surface area contributed by atoms with Gasteiger partial charge in [0.15, 0.2) is 11.9 Å². The number of aromatic nitrogens is 4. The molecule has 0 bridgehead atoms. The highest BCUT2D eigenvalue weighted by Crippen LogP contribution is 2.31. The van der Waals surface area contributed by atoms with Crippen molar-refractivity contribution in [1.82, 2.24) is 19.7 Å². The number of ether oxygens (including phenoxy) is 2. The van der Waals surface area contributed by atoms with Crippen LogP contribution in [0.15, 0.2) is 4.79 Å². The quantitative estimate of drug-likeness (QED) is 0.750. The largest absolute Gasteiger partial charge is 0.460 e. The summed E-state index contributed by atoms with van der Waals surface area (Å²) in [6.45, 7) is 4.11. The molecule has 9 nitrogen and oxygen atoms in total. The molecule has 2 unspecified atom stereocenters. The Kier molecular flexibility index (Phi) is 4.36. The number of hydrogen-bond acceptors (Lipinski definition) is 7. The summed E-state index contributed by atoms with van der Waals surface area (Å²) < 4.78 is 13.1. The van der Waals surface area contributed by atoms with Gasteiger partial charge in [-0.2, -0.15) is 9.97 Å². The Hall–Kier alpha value is -2.13. The van der Waals surface area contributed by atoms with Crippen LogP contribution in [-0.4, -0.2) is 43.2 Å². The number of nitrogen functional groups attached to an aromatic ring is 1. The molecule has 0 spiro atoms. The molecule has 1 aliphatic carbocycles. The van der Waals surface area contributed by atoms with Gasteiger partial charge in [0.05, 0.1) is 6.10 Å². The third-order valence-corrected chi connectivity index (χ3v) is 5.34. The van der Waals surface area contributed by atoms with Crippen LogP contribution in [0.4, 0.5) is 5.82 Å². The highest BCUT2D eigenvalue weighted by Gasteiger charge is 2.35. The lowest BCUT2D eigenvalue weighted by molar-refractivity contribution is -0.0372. The first-order valence-electron chi connectivity index (χ1n) is 9.20. The molecule has 1 saturated carbocycles. The fraction of sp³-hybridized carbons (Fsp3) is 0.706. The van der Waals surface area contributed by atoms with Crippen molar-refractivity contribution in [2.45, 2.75) is 70.5 Å². The summed E-state index contributed by atoms with van der Waals surface area (Å²) >= 11 is 0. The molecule has 1 saturated heterocycles. The molecule has 2 aromatic heterocycles.